The lowest BCUT2D eigenvalue weighted by molar-refractivity contribution is 0.0998. The molecule has 0 aromatic heterocycles. The number of para-hydroxylation sites is 1. The van der Waals surface area contributed by atoms with E-state index in [1.54, 1.807) is 36.4 Å². The van der Waals surface area contributed by atoms with Crippen molar-refractivity contribution in [2.75, 3.05) is 7.05 Å². The van der Waals surface area contributed by atoms with Crippen LogP contribution in [0.25, 0.3) is 0 Å². The molecular formula is C15H15ClN2O2. The molecule has 20 heavy (non-hydrogen) atoms. The molecule has 3 N–H and O–H groups in total. The highest BCUT2D eigenvalue weighted by Crippen LogP contribution is 2.28. The average molecular weight is 291 g/mol. The summed E-state index contributed by atoms with van der Waals surface area (Å²) in [5.41, 5.74) is 6.62. The van der Waals surface area contributed by atoms with Crippen LogP contribution in [0.4, 0.5) is 0 Å². The summed E-state index contributed by atoms with van der Waals surface area (Å²) in [5.74, 6) is 0.444. The summed E-state index contributed by atoms with van der Waals surface area (Å²) in [7, 11) is 1.85. The third-order valence-corrected chi connectivity index (χ3v) is 3.12. The van der Waals surface area contributed by atoms with Crippen molar-refractivity contribution in [2.24, 2.45) is 5.73 Å². The van der Waals surface area contributed by atoms with Gasteiger partial charge in [-0.15, -0.1) is 0 Å². The third-order valence-electron chi connectivity index (χ3n) is 2.77. The third kappa shape index (κ3) is 3.29. The van der Waals surface area contributed by atoms with E-state index in [4.69, 9.17) is 22.1 Å². The molecule has 0 spiro atoms. The molecule has 104 valence electrons. The highest BCUT2D eigenvalue weighted by Gasteiger charge is 2.10. The first-order valence-electron chi connectivity index (χ1n) is 6.11. The van der Waals surface area contributed by atoms with Crippen LogP contribution in [-0.4, -0.2) is 13.0 Å². The Balaban J connectivity index is 2.27. The molecule has 0 aliphatic rings. The topological polar surface area (TPSA) is 64.3 Å². The molecule has 0 saturated heterocycles. The fourth-order valence-electron chi connectivity index (χ4n) is 1.81. The number of nitrogens with two attached hydrogens (primary N) is 1. The monoisotopic (exact) mass is 290 g/mol. The Morgan fingerprint density at radius 1 is 1.30 bits per heavy atom. The maximum absolute atomic E-state index is 11.3. The van der Waals surface area contributed by atoms with Crippen LogP contribution in [0.1, 0.15) is 15.9 Å². The largest absolute Gasteiger partial charge is 0.456 e. The summed E-state index contributed by atoms with van der Waals surface area (Å²) in [6.45, 7) is 0.678. The predicted molar refractivity (Wildman–Crippen MR) is 79.2 cm³/mol. The highest BCUT2D eigenvalue weighted by molar-refractivity contribution is 6.31. The molecule has 0 bridgehead atoms. The maximum Gasteiger partial charge on any atom is 0.252 e. The number of halogens is 1. The zero-order valence-corrected chi connectivity index (χ0v) is 11.8. The van der Waals surface area contributed by atoms with Crippen LogP contribution in [0.5, 0.6) is 11.5 Å². The molecule has 0 fully saturated rings. The van der Waals surface area contributed by atoms with E-state index in [2.05, 4.69) is 5.32 Å². The zero-order valence-electron chi connectivity index (χ0n) is 11.0. The fraction of sp³-hybridized carbons (Fsp3) is 0.133. The van der Waals surface area contributed by atoms with Crippen LogP contribution >= 0.6 is 11.6 Å². The van der Waals surface area contributed by atoms with E-state index in [1.165, 1.54) is 0 Å². The number of rotatable bonds is 5. The SMILES string of the molecule is CNCc1ccc(Oc2ccccc2C(N)=O)cc1Cl. The highest BCUT2D eigenvalue weighted by atomic mass is 35.5. The Bertz CT molecular complexity index is 629. The Morgan fingerprint density at radius 2 is 2.05 bits per heavy atom. The van der Waals surface area contributed by atoms with Gasteiger partial charge < -0.3 is 15.8 Å². The summed E-state index contributed by atoms with van der Waals surface area (Å²) in [6.07, 6.45) is 0. The number of benzene rings is 2. The summed E-state index contributed by atoms with van der Waals surface area (Å²) >= 11 is 6.17. The molecule has 0 radical (unpaired) electrons. The minimum absolute atomic E-state index is 0.336. The zero-order chi connectivity index (χ0) is 14.5. The van der Waals surface area contributed by atoms with Gasteiger partial charge in [-0.1, -0.05) is 29.8 Å². The van der Waals surface area contributed by atoms with Crippen molar-refractivity contribution >= 4 is 17.5 Å². The molecule has 0 heterocycles. The molecule has 0 aliphatic heterocycles. The van der Waals surface area contributed by atoms with Gasteiger partial charge in [-0.3, -0.25) is 4.79 Å². The summed E-state index contributed by atoms with van der Waals surface area (Å²) in [4.78, 5) is 11.3. The second-order valence-corrected chi connectivity index (χ2v) is 4.65. The number of hydrogen-bond acceptors (Lipinski definition) is 3. The average Bonchev–Trinajstić information content (AvgIpc) is 2.42. The van der Waals surface area contributed by atoms with Gasteiger partial charge in [0.2, 0.25) is 0 Å². The number of carbonyl (C=O) groups excluding carboxylic acids is 1. The number of carbonyl (C=O) groups is 1. The second kappa shape index (κ2) is 6.41. The lowest BCUT2D eigenvalue weighted by atomic mass is 10.2. The number of hydrogen-bond donors (Lipinski definition) is 2. The van der Waals surface area contributed by atoms with Crippen LogP contribution < -0.4 is 15.8 Å². The van der Waals surface area contributed by atoms with Crippen molar-refractivity contribution in [3.63, 3.8) is 0 Å². The first kappa shape index (κ1) is 14.4. The molecule has 4 nitrogen and oxygen atoms in total. The van der Waals surface area contributed by atoms with Gasteiger partial charge in [0.05, 0.1) is 5.56 Å². The number of nitrogens with one attached hydrogen (secondary N) is 1. The first-order valence-corrected chi connectivity index (χ1v) is 6.49. The number of primary amides is 1. The molecule has 0 atom stereocenters. The molecule has 2 aromatic rings. The quantitative estimate of drug-likeness (QED) is 0.890. The van der Waals surface area contributed by atoms with E-state index in [0.717, 1.165) is 5.56 Å². The summed E-state index contributed by atoms with van der Waals surface area (Å²) in [5, 5.41) is 3.64. The van der Waals surface area contributed by atoms with Crippen LogP contribution in [-0.2, 0) is 6.54 Å². The second-order valence-electron chi connectivity index (χ2n) is 4.25. The van der Waals surface area contributed by atoms with Gasteiger partial charge in [0.1, 0.15) is 11.5 Å². The molecule has 2 aromatic carbocycles. The predicted octanol–water partition coefficient (Wildman–Crippen LogP) is 2.95. The van der Waals surface area contributed by atoms with Crippen LogP contribution in [0.15, 0.2) is 42.5 Å². The van der Waals surface area contributed by atoms with Gasteiger partial charge in [-0.2, -0.15) is 0 Å². The molecule has 2 rings (SSSR count). The van der Waals surface area contributed by atoms with Crippen molar-refractivity contribution in [1.29, 1.82) is 0 Å². The van der Waals surface area contributed by atoms with E-state index >= 15 is 0 Å². The van der Waals surface area contributed by atoms with Crippen molar-refractivity contribution < 1.29 is 9.53 Å². The number of ether oxygens (including phenoxy) is 1. The summed E-state index contributed by atoms with van der Waals surface area (Å²) in [6, 6.07) is 12.2. The van der Waals surface area contributed by atoms with Crippen molar-refractivity contribution in [1.82, 2.24) is 5.32 Å². The van der Waals surface area contributed by atoms with Gasteiger partial charge in [0, 0.05) is 11.6 Å². The fourth-order valence-corrected chi connectivity index (χ4v) is 2.05. The maximum atomic E-state index is 11.3. The standard InChI is InChI=1S/C15H15ClN2O2/c1-18-9-10-6-7-11(8-13(10)16)20-14-5-3-2-4-12(14)15(17)19/h2-8,18H,9H2,1H3,(H2,17,19). The van der Waals surface area contributed by atoms with Gasteiger partial charge in [0.25, 0.3) is 5.91 Å². The van der Waals surface area contributed by atoms with Crippen LogP contribution in [0.2, 0.25) is 5.02 Å². The van der Waals surface area contributed by atoms with E-state index in [0.29, 0.717) is 28.6 Å². The van der Waals surface area contributed by atoms with Gasteiger partial charge in [-0.05, 0) is 36.9 Å². The van der Waals surface area contributed by atoms with Crippen LogP contribution in [0.3, 0.4) is 0 Å². The smallest absolute Gasteiger partial charge is 0.252 e. The lowest BCUT2D eigenvalue weighted by Crippen LogP contribution is -2.12. The molecule has 0 aliphatic carbocycles. The Kier molecular flexibility index (Phi) is 4.61. The molecule has 1 amide bonds. The van der Waals surface area contributed by atoms with Gasteiger partial charge in [0.15, 0.2) is 0 Å². The Hall–Kier alpha value is -2.04. The number of amides is 1. The minimum Gasteiger partial charge on any atom is -0.456 e. The van der Waals surface area contributed by atoms with E-state index < -0.39 is 5.91 Å². The van der Waals surface area contributed by atoms with Crippen molar-refractivity contribution in [3.05, 3.63) is 58.6 Å². The molecule has 5 heteroatoms. The molecule has 0 saturated carbocycles. The minimum atomic E-state index is -0.529. The lowest BCUT2D eigenvalue weighted by Gasteiger charge is -2.11. The molecule has 0 unspecified atom stereocenters. The van der Waals surface area contributed by atoms with Gasteiger partial charge >= 0.3 is 0 Å². The normalized spacial score (nSPS) is 10.3. The van der Waals surface area contributed by atoms with Gasteiger partial charge in [-0.25, -0.2) is 0 Å². The van der Waals surface area contributed by atoms with Crippen molar-refractivity contribution in [3.8, 4) is 11.5 Å². The van der Waals surface area contributed by atoms with E-state index in [9.17, 15) is 4.79 Å². The van der Waals surface area contributed by atoms with Crippen molar-refractivity contribution in [2.45, 2.75) is 6.54 Å². The first-order chi connectivity index (χ1) is 9.61. The Labute approximate surface area is 122 Å². The molecular weight excluding hydrogens is 276 g/mol. The van der Waals surface area contributed by atoms with Crippen LogP contribution in [0, 0.1) is 0 Å². The summed E-state index contributed by atoms with van der Waals surface area (Å²) < 4.78 is 5.68. The Morgan fingerprint density at radius 3 is 2.70 bits per heavy atom. The van der Waals surface area contributed by atoms with E-state index in [-0.39, 0.29) is 0 Å². The van der Waals surface area contributed by atoms with E-state index in [1.807, 2.05) is 13.1 Å².